The van der Waals surface area contributed by atoms with Crippen LogP contribution in [-0.4, -0.2) is 21.9 Å². The zero-order chi connectivity index (χ0) is 15.6. The van der Waals surface area contributed by atoms with Gasteiger partial charge in [0.15, 0.2) is 0 Å². The van der Waals surface area contributed by atoms with Gasteiger partial charge in [-0.2, -0.15) is 0 Å². The Morgan fingerprint density at radius 3 is 2.50 bits per heavy atom. The van der Waals surface area contributed by atoms with Crippen LogP contribution >= 0.6 is 0 Å². The van der Waals surface area contributed by atoms with E-state index in [4.69, 9.17) is 0 Å². The molecule has 0 bridgehead atoms. The largest absolute Gasteiger partial charge is 0.418 e. The van der Waals surface area contributed by atoms with Gasteiger partial charge in [0.1, 0.15) is 7.85 Å². The van der Waals surface area contributed by atoms with Crippen molar-refractivity contribution in [2.24, 2.45) is 0 Å². The summed E-state index contributed by atoms with van der Waals surface area (Å²) in [6.07, 6.45) is 6.75. The highest BCUT2D eigenvalue weighted by molar-refractivity contribution is 6.19. The minimum atomic E-state index is 0.454. The summed E-state index contributed by atoms with van der Waals surface area (Å²) in [6, 6.07) is 18.2. The van der Waals surface area contributed by atoms with Crippen LogP contribution in [0.3, 0.4) is 0 Å². The minimum Gasteiger partial charge on any atom is -0.418 e. The molecule has 0 spiro atoms. The molecule has 0 amide bonds. The molecule has 1 saturated carbocycles. The third-order valence-corrected chi connectivity index (χ3v) is 5.50. The monoisotopic (exact) mass is 291 g/mol. The van der Waals surface area contributed by atoms with Crippen LogP contribution in [0, 0.1) is 0 Å². The summed E-state index contributed by atoms with van der Waals surface area (Å²) in [5, 5.41) is 0.454. The highest BCUT2D eigenvalue weighted by atomic mass is 15.1. The third-order valence-electron chi connectivity index (χ3n) is 5.50. The number of hydrogen-bond donors (Lipinski definition) is 0. The fourth-order valence-electron chi connectivity index (χ4n) is 4.33. The van der Waals surface area contributed by atoms with Gasteiger partial charge in [-0.1, -0.05) is 74.0 Å². The average molecular weight is 291 g/mol. The maximum absolute atomic E-state index is 2.54. The lowest BCUT2D eigenvalue weighted by atomic mass is 9.60. The van der Waals surface area contributed by atoms with Crippen molar-refractivity contribution < 1.29 is 0 Å². The lowest BCUT2D eigenvalue weighted by Crippen LogP contribution is -2.34. The first-order valence-corrected chi connectivity index (χ1v) is 8.74. The lowest BCUT2D eigenvalue weighted by Gasteiger charge is -2.36. The van der Waals surface area contributed by atoms with Gasteiger partial charge in [-0.25, -0.2) is 0 Å². The second-order valence-electron chi connectivity index (χ2n) is 7.73. The van der Waals surface area contributed by atoms with Crippen LogP contribution in [0.15, 0.2) is 48.5 Å². The van der Waals surface area contributed by atoms with Crippen molar-refractivity contribution >= 4 is 21.5 Å². The standard InChI is InChI=1S/C19H27B2N/c1-19(20)13-9-8-12-18-16(14-19)15-10-6-4-2-3-5-7-11-17(15)22(18)21/h2-7,10-11,16,18H,8-9,12-14,20-21H2,1H3. The van der Waals surface area contributed by atoms with Crippen LogP contribution in [0.25, 0.3) is 0 Å². The Balaban J connectivity index is 2.09. The van der Waals surface area contributed by atoms with Crippen LogP contribution in [-0.2, 0) is 0 Å². The Morgan fingerprint density at radius 2 is 1.73 bits per heavy atom. The third kappa shape index (κ3) is 3.19. The second-order valence-corrected chi connectivity index (χ2v) is 7.73. The SMILES string of the molecule is BN1c2ccccccccc2C2CC(B)(C)CCCCC21. The van der Waals surface area contributed by atoms with E-state index in [0.717, 1.165) is 0 Å². The zero-order valence-electron chi connectivity index (χ0n) is 14.3. The molecule has 114 valence electrons. The van der Waals surface area contributed by atoms with Crippen molar-refractivity contribution in [1.29, 1.82) is 0 Å². The van der Waals surface area contributed by atoms with Crippen LogP contribution in [0.1, 0.15) is 50.5 Å². The first kappa shape index (κ1) is 15.5. The van der Waals surface area contributed by atoms with E-state index in [2.05, 4.69) is 76.1 Å². The number of fused-ring (bicyclic) bond motifs is 3. The summed E-state index contributed by atoms with van der Waals surface area (Å²) >= 11 is 0. The molecule has 2 aliphatic rings. The van der Waals surface area contributed by atoms with Crippen molar-refractivity contribution in [3.05, 3.63) is 54.1 Å². The summed E-state index contributed by atoms with van der Waals surface area (Å²) in [4.78, 5) is 2.54. The average Bonchev–Trinajstić information content (AvgIpc) is 2.70. The molecule has 3 heteroatoms. The number of rotatable bonds is 0. The van der Waals surface area contributed by atoms with Gasteiger partial charge in [0.25, 0.3) is 0 Å². The highest BCUT2D eigenvalue weighted by Crippen LogP contribution is 2.50. The Kier molecular flexibility index (Phi) is 4.51. The van der Waals surface area contributed by atoms with E-state index in [-0.39, 0.29) is 0 Å². The molecule has 1 heterocycles. The van der Waals surface area contributed by atoms with E-state index in [9.17, 15) is 0 Å². The first-order chi connectivity index (χ1) is 10.6. The van der Waals surface area contributed by atoms with Gasteiger partial charge in [-0.05, 0) is 24.5 Å². The highest BCUT2D eigenvalue weighted by Gasteiger charge is 2.39. The maximum atomic E-state index is 2.54. The molecule has 1 aliphatic carbocycles. The van der Waals surface area contributed by atoms with Gasteiger partial charge < -0.3 is 4.81 Å². The van der Waals surface area contributed by atoms with Crippen molar-refractivity contribution in [2.75, 3.05) is 4.81 Å². The van der Waals surface area contributed by atoms with Gasteiger partial charge in [0.2, 0.25) is 7.98 Å². The van der Waals surface area contributed by atoms with E-state index >= 15 is 0 Å². The fourth-order valence-corrected chi connectivity index (χ4v) is 4.33. The summed E-state index contributed by atoms with van der Waals surface area (Å²) in [5.41, 5.74) is 2.96. The second kappa shape index (κ2) is 6.40. The van der Waals surface area contributed by atoms with Crippen molar-refractivity contribution in [2.45, 2.75) is 56.3 Å². The molecule has 3 atom stereocenters. The molecule has 0 saturated heterocycles. The molecular weight excluding hydrogens is 264 g/mol. The topological polar surface area (TPSA) is 3.24 Å². The van der Waals surface area contributed by atoms with Crippen molar-refractivity contribution in [1.82, 2.24) is 0 Å². The Hall–Kier alpha value is -1.37. The number of nitrogens with zero attached hydrogens (tertiary/aromatic N) is 1. The molecule has 1 aromatic carbocycles. The summed E-state index contributed by atoms with van der Waals surface area (Å²) in [7, 11) is 4.74. The zero-order valence-corrected chi connectivity index (χ0v) is 14.3. The molecule has 1 aromatic rings. The maximum Gasteiger partial charge on any atom is 0.217 e. The van der Waals surface area contributed by atoms with Gasteiger partial charge in [-0.15, -0.1) is 0 Å². The Bertz CT molecular complexity index is 583. The van der Waals surface area contributed by atoms with Crippen LogP contribution < -0.4 is 4.81 Å². The molecule has 1 nitrogen and oxygen atoms in total. The van der Waals surface area contributed by atoms with Gasteiger partial charge in [0, 0.05) is 17.6 Å². The van der Waals surface area contributed by atoms with E-state index in [1.807, 2.05) is 0 Å². The Labute approximate surface area is 137 Å². The molecule has 1 aliphatic heterocycles. The predicted octanol–water partition coefficient (Wildman–Crippen LogP) is 3.41. The van der Waals surface area contributed by atoms with E-state index in [1.54, 1.807) is 5.56 Å². The molecular formula is C19H27B2N. The van der Waals surface area contributed by atoms with Gasteiger partial charge in [0.05, 0.1) is 0 Å². The molecule has 0 aromatic heterocycles. The molecule has 1 fully saturated rings. The normalized spacial score (nSPS) is 30.5. The predicted molar refractivity (Wildman–Crippen MR) is 102 cm³/mol. The van der Waals surface area contributed by atoms with Crippen LogP contribution in [0.5, 0.6) is 0 Å². The van der Waals surface area contributed by atoms with E-state index in [1.165, 1.54) is 37.8 Å². The van der Waals surface area contributed by atoms with E-state index in [0.29, 0.717) is 17.3 Å². The summed E-state index contributed by atoms with van der Waals surface area (Å²) in [6.45, 7) is 2.45. The first-order valence-electron chi connectivity index (χ1n) is 8.74. The molecule has 0 N–H and O–H groups in total. The minimum absolute atomic E-state index is 0.454. The fraction of sp³-hybridized carbons (Fsp3) is 0.474. The summed E-state index contributed by atoms with van der Waals surface area (Å²) in [5.74, 6) is 0.674. The van der Waals surface area contributed by atoms with Gasteiger partial charge >= 0.3 is 0 Å². The Morgan fingerprint density at radius 1 is 1.05 bits per heavy atom. The summed E-state index contributed by atoms with van der Waals surface area (Å²) < 4.78 is 0. The number of hydrogen-bond acceptors (Lipinski definition) is 1. The lowest BCUT2D eigenvalue weighted by molar-refractivity contribution is 0.365. The molecule has 3 rings (SSSR count). The molecule has 22 heavy (non-hydrogen) atoms. The van der Waals surface area contributed by atoms with Crippen molar-refractivity contribution in [3.8, 4) is 0 Å². The smallest absolute Gasteiger partial charge is 0.217 e. The molecule has 3 unspecified atom stereocenters. The quantitative estimate of drug-likeness (QED) is 0.662. The number of anilines is 1. The van der Waals surface area contributed by atoms with Crippen molar-refractivity contribution in [3.63, 3.8) is 0 Å². The van der Waals surface area contributed by atoms with Crippen LogP contribution in [0.2, 0.25) is 5.31 Å². The van der Waals surface area contributed by atoms with Crippen LogP contribution in [0.4, 0.5) is 5.69 Å². The molecule has 0 radical (unpaired) electrons. The van der Waals surface area contributed by atoms with E-state index < -0.39 is 0 Å². The van der Waals surface area contributed by atoms with Gasteiger partial charge in [-0.3, -0.25) is 0 Å².